The molecule has 1 saturated carbocycles. The quantitative estimate of drug-likeness (QED) is 0.493. The first-order valence-electron chi connectivity index (χ1n) is 13.4. The molecule has 3 heterocycles. The summed E-state index contributed by atoms with van der Waals surface area (Å²) in [7, 11) is 0. The molecule has 2 fully saturated rings. The van der Waals surface area contributed by atoms with Gasteiger partial charge in [-0.25, -0.2) is 9.98 Å². The standard InChI is InChI=1S/C29H34N6O4S/c1-16-21(40-15-31-16)17-6-8-18(9-7-17)28(5)25(38)33-23(34-28)20-12-19(36)13-35(20)24(37)22(27(2,3)4)32-26(39)29(14-30)10-11-29/h6-9,15,19-20,22,36H,10-13H2,1-5H3,(H,32,39)(H,33,34,38)/t19-,20-,22?,28+/m1/s1. The van der Waals surface area contributed by atoms with Gasteiger partial charge in [-0.2, -0.15) is 5.26 Å². The van der Waals surface area contributed by atoms with Crippen molar-refractivity contribution in [2.75, 3.05) is 6.54 Å². The predicted octanol–water partition coefficient (Wildman–Crippen LogP) is 2.66. The predicted molar refractivity (Wildman–Crippen MR) is 150 cm³/mol. The fourth-order valence-corrected chi connectivity index (χ4v) is 6.16. The third-order valence-electron chi connectivity index (χ3n) is 8.15. The molecule has 3 N–H and O–H groups in total. The number of aliphatic hydroxyl groups is 1. The summed E-state index contributed by atoms with van der Waals surface area (Å²) in [6.45, 7) is 9.25. The molecule has 0 bridgehead atoms. The van der Waals surface area contributed by atoms with Crippen molar-refractivity contribution in [3.8, 4) is 16.5 Å². The lowest BCUT2D eigenvalue weighted by Crippen LogP contribution is -2.58. The van der Waals surface area contributed by atoms with Gasteiger partial charge < -0.3 is 20.6 Å². The summed E-state index contributed by atoms with van der Waals surface area (Å²) in [6.07, 6.45) is 0.333. The minimum absolute atomic E-state index is 0.0455. The van der Waals surface area contributed by atoms with Crippen LogP contribution in [0.3, 0.4) is 0 Å². The molecule has 1 unspecified atom stereocenters. The SMILES string of the molecule is Cc1ncsc1-c1ccc([C@]2(C)N=C([C@H]3C[C@@H](O)CN3C(=O)C(NC(=O)C3(C#N)CC3)C(C)(C)C)NC2=O)cc1. The molecule has 11 heteroatoms. The number of likely N-dealkylation sites (tertiary alicyclic amines) is 1. The highest BCUT2D eigenvalue weighted by Gasteiger charge is 2.53. The van der Waals surface area contributed by atoms with Crippen molar-refractivity contribution < 1.29 is 19.5 Å². The number of amides is 3. The second kappa shape index (κ2) is 9.78. The summed E-state index contributed by atoms with van der Waals surface area (Å²) in [5.74, 6) is -0.834. The Bertz CT molecular complexity index is 1430. The number of carbonyl (C=O) groups is 3. The van der Waals surface area contributed by atoms with Gasteiger partial charge in [0, 0.05) is 13.0 Å². The van der Waals surface area contributed by atoms with Gasteiger partial charge in [-0.05, 0) is 43.2 Å². The van der Waals surface area contributed by atoms with Gasteiger partial charge in [0.05, 0.1) is 34.3 Å². The van der Waals surface area contributed by atoms with Crippen molar-refractivity contribution in [2.24, 2.45) is 15.8 Å². The van der Waals surface area contributed by atoms with Crippen molar-refractivity contribution in [3.05, 3.63) is 41.0 Å². The molecule has 3 aliphatic rings. The maximum Gasteiger partial charge on any atom is 0.257 e. The largest absolute Gasteiger partial charge is 0.391 e. The highest BCUT2D eigenvalue weighted by molar-refractivity contribution is 7.13. The number of hydrogen-bond donors (Lipinski definition) is 3. The van der Waals surface area contributed by atoms with E-state index in [2.05, 4.69) is 21.7 Å². The third kappa shape index (κ3) is 4.80. The molecule has 210 valence electrons. The van der Waals surface area contributed by atoms with E-state index in [0.29, 0.717) is 24.2 Å². The van der Waals surface area contributed by atoms with Gasteiger partial charge in [0.25, 0.3) is 5.91 Å². The number of amidine groups is 1. The van der Waals surface area contributed by atoms with E-state index < -0.39 is 40.5 Å². The summed E-state index contributed by atoms with van der Waals surface area (Å²) >= 11 is 1.55. The van der Waals surface area contributed by atoms with Crippen LogP contribution < -0.4 is 10.6 Å². The molecule has 2 aromatic rings. The number of β-amino-alcohol motifs (C(OH)–C–C–N with tert-alkyl or cyclic N) is 1. The Morgan fingerprint density at radius 3 is 2.50 bits per heavy atom. The number of aliphatic hydroxyl groups excluding tert-OH is 1. The number of aliphatic imine (C=N–C) groups is 1. The molecular formula is C29H34N6O4S. The normalized spacial score (nSPS) is 26.1. The Labute approximate surface area is 237 Å². The summed E-state index contributed by atoms with van der Waals surface area (Å²) < 4.78 is 0. The number of nitriles is 1. The molecule has 40 heavy (non-hydrogen) atoms. The topological polar surface area (TPSA) is 148 Å². The van der Waals surface area contributed by atoms with Crippen molar-refractivity contribution in [1.82, 2.24) is 20.5 Å². The molecule has 1 saturated heterocycles. The first-order chi connectivity index (χ1) is 18.8. The number of rotatable bonds is 6. The Morgan fingerprint density at radius 1 is 1.27 bits per heavy atom. The van der Waals surface area contributed by atoms with Crippen LogP contribution in [0, 0.1) is 29.1 Å². The second-order valence-electron chi connectivity index (χ2n) is 12.2. The van der Waals surface area contributed by atoms with E-state index in [1.807, 2.05) is 52.0 Å². The van der Waals surface area contributed by atoms with E-state index in [-0.39, 0.29) is 24.8 Å². The zero-order valence-corrected chi connectivity index (χ0v) is 24.1. The van der Waals surface area contributed by atoms with Crippen molar-refractivity contribution in [3.63, 3.8) is 0 Å². The van der Waals surface area contributed by atoms with Crippen LogP contribution in [0.25, 0.3) is 10.4 Å². The first-order valence-corrected chi connectivity index (χ1v) is 14.3. The van der Waals surface area contributed by atoms with Crippen molar-refractivity contribution in [1.29, 1.82) is 5.26 Å². The zero-order chi connectivity index (χ0) is 29.0. The number of thiazole rings is 1. The van der Waals surface area contributed by atoms with E-state index in [1.54, 1.807) is 23.8 Å². The van der Waals surface area contributed by atoms with E-state index >= 15 is 0 Å². The Balaban J connectivity index is 1.41. The Hall–Kier alpha value is -3.62. The smallest absolute Gasteiger partial charge is 0.257 e. The molecule has 0 radical (unpaired) electrons. The number of nitrogens with one attached hydrogen (secondary N) is 2. The molecule has 2 aliphatic heterocycles. The lowest BCUT2D eigenvalue weighted by molar-refractivity contribution is -0.140. The van der Waals surface area contributed by atoms with Crippen LogP contribution in [0.1, 0.15) is 58.2 Å². The summed E-state index contributed by atoms with van der Waals surface area (Å²) in [4.78, 5) is 51.8. The molecule has 10 nitrogen and oxygen atoms in total. The van der Waals surface area contributed by atoms with Gasteiger partial charge in [0.1, 0.15) is 17.3 Å². The van der Waals surface area contributed by atoms with Crippen LogP contribution in [-0.2, 0) is 19.9 Å². The number of aryl methyl sites for hydroxylation is 1. The van der Waals surface area contributed by atoms with Crippen LogP contribution in [-0.4, -0.2) is 63.3 Å². The van der Waals surface area contributed by atoms with Crippen LogP contribution in [0.2, 0.25) is 0 Å². The monoisotopic (exact) mass is 562 g/mol. The molecule has 3 amide bonds. The van der Waals surface area contributed by atoms with Crippen molar-refractivity contribution in [2.45, 2.75) is 77.6 Å². The second-order valence-corrected chi connectivity index (χ2v) is 13.1. The average molecular weight is 563 g/mol. The van der Waals surface area contributed by atoms with Crippen LogP contribution in [0.4, 0.5) is 0 Å². The highest BCUT2D eigenvalue weighted by atomic mass is 32.1. The van der Waals surface area contributed by atoms with Crippen LogP contribution in [0.15, 0.2) is 34.8 Å². The molecule has 1 aromatic heterocycles. The Kier molecular flexibility index (Phi) is 6.83. The van der Waals surface area contributed by atoms with Gasteiger partial charge >= 0.3 is 0 Å². The maximum atomic E-state index is 13.9. The van der Waals surface area contributed by atoms with Crippen LogP contribution >= 0.6 is 11.3 Å². The number of nitrogens with zero attached hydrogens (tertiary/aromatic N) is 4. The van der Waals surface area contributed by atoms with Gasteiger partial charge in [-0.1, -0.05) is 45.0 Å². The van der Waals surface area contributed by atoms with Gasteiger partial charge in [-0.3, -0.25) is 14.4 Å². The van der Waals surface area contributed by atoms with Crippen molar-refractivity contribution >= 4 is 34.9 Å². The summed E-state index contributed by atoms with van der Waals surface area (Å²) in [6, 6.07) is 8.13. The van der Waals surface area contributed by atoms with E-state index in [4.69, 9.17) is 4.99 Å². The van der Waals surface area contributed by atoms with E-state index in [0.717, 1.165) is 16.1 Å². The van der Waals surface area contributed by atoms with Gasteiger partial charge in [0.15, 0.2) is 5.54 Å². The molecular weight excluding hydrogens is 528 g/mol. The van der Waals surface area contributed by atoms with E-state index in [1.165, 1.54) is 4.90 Å². The third-order valence-corrected chi connectivity index (χ3v) is 9.12. The molecule has 4 atom stereocenters. The molecule has 1 aromatic carbocycles. The number of benzene rings is 1. The fraction of sp³-hybridized carbons (Fsp3) is 0.517. The van der Waals surface area contributed by atoms with Gasteiger partial charge in [0.2, 0.25) is 11.8 Å². The first kappa shape index (κ1) is 27.9. The van der Waals surface area contributed by atoms with Crippen LogP contribution in [0.5, 0.6) is 0 Å². The average Bonchev–Trinajstić information content (AvgIpc) is 3.28. The Morgan fingerprint density at radius 2 is 1.95 bits per heavy atom. The zero-order valence-electron chi connectivity index (χ0n) is 23.3. The van der Waals surface area contributed by atoms with E-state index in [9.17, 15) is 24.8 Å². The number of carbonyl (C=O) groups excluding carboxylic acids is 3. The lowest BCUT2D eigenvalue weighted by atomic mass is 9.85. The molecule has 0 spiro atoms. The minimum atomic E-state index is -1.21. The fourth-order valence-electron chi connectivity index (χ4n) is 5.35. The minimum Gasteiger partial charge on any atom is -0.391 e. The lowest BCUT2D eigenvalue weighted by Gasteiger charge is -2.36. The van der Waals surface area contributed by atoms with Gasteiger partial charge in [-0.15, -0.1) is 11.3 Å². The molecule has 1 aliphatic carbocycles. The highest BCUT2D eigenvalue weighted by Crippen LogP contribution is 2.45. The number of hydrogen-bond acceptors (Lipinski definition) is 8. The number of aromatic nitrogens is 1. The summed E-state index contributed by atoms with van der Waals surface area (Å²) in [5, 5.41) is 25.7. The maximum absolute atomic E-state index is 13.9. The molecule has 5 rings (SSSR count). The summed E-state index contributed by atoms with van der Waals surface area (Å²) in [5.41, 5.74) is 1.50.